The molecule has 18 heteroatoms. The molecule has 0 aliphatic carbocycles. The molecular weight excluding hydrogens is 787 g/mol. The van der Waals surface area contributed by atoms with Gasteiger partial charge in [0.05, 0.1) is 39.2 Å². The van der Waals surface area contributed by atoms with Gasteiger partial charge in [-0.3, -0.25) is 13.4 Å². The van der Waals surface area contributed by atoms with Crippen molar-refractivity contribution in [2.75, 3.05) is 34.8 Å². The summed E-state index contributed by atoms with van der Waals surface area (Å²) in [6.07, 6.45) is 0. The number of para-hydroxylation sites is 2. The summed E-state index contributed by atoms with van der Waals surface area (Å²) in [5.74, 6) is -2.53. The van der Waals surface area contributed by atoms with Gasteiger partial charge in [-0.1, -0.05) is 78.3 Å². The van der Waals surface area contributed by atoms with Crippen LogP contribution < -0.4 is 53.3 Å². The monoisotopic (exact) mass is 818 g/mol. The summed E-state index contributed by atoms with van der Waals surface area (Å²) in [5, 5.41) is 14.7. The van der Waals surface area contributed by atoms with Crippen molar-refractivity contribution in [3.63, 3.8) is 0 Å². The Bertz CT molecular complexity index is 2420. The Labute approximate surface area is 341 Å². The summed E-state index contributed by atoms with van der Waals surface area (Å²) in [6, 6.07) is 31.6. The van der Waals surface area contributed by atoms with Crippen LogP contribution in [0.25, 0.3) is 0 Å². The number of carboxylic acids is 1. The summed E-state index contributed by atoms with van der Waals surface area (Å²) in [5.41, 5.74) is -0.416. The van der Waals surface area contributed by atoms with Gasteiger partial charge in [0, 0.05) is 30.2 Å². The largest absolute Gasteiger partial charge is 1.00 e. The van der Waals surface area contributed by atoms with E-state index in [1.165, 1.54) is 84.9 Å². The molecule has 1 amide bonds. The Morgan fingerprint density at radius 2 is 1.00 bits per heavy atom. The Balaban J connectivity index is 0.00000650. The predicted molar refractivity (Wildman–Crippen MR) is 198 cm³/mol. The molecule has 2 N–H and O–H groups in total. The molecule has 0 saturated carbocycles. The number of hydrogen-bond acceptors (Lipinski definition) is 9. The van der Waals surface area contributed by atoms with Gasteiger partial charge in [-0.2, -0.15) is 0 Å². The van der Waals surface area contributed by atoms with Gasteiger partial charge in [-0.25, -0.2) is 30.0 Å². The van der Waals surface area contributed by atoms with Crippen LogP contribution in [-0.4, -0.2) is 63.3 Å². The molecule has 5 aromatic carbocycles. The van der Waals surface area contributed by atoms with E-state index in [0.29, 0.717) is 5.02 Å². The second kappa shape index (κ2) is 18.4. The van der Waals surface area contributed by atoms with E-state index in [1.807, 2.05) is 0 Å². The van der Waals surface area contributed by atoms with E-state index >= 15 is 0 Å². The van der Waals surface area contributed by atoms with Gasteiger partial charge < -0.3 is 15.2 Å². The molecule has 54 heavy (non-hydrogen) atoms. The van der Waals surface area contributed by atoms with Crippen LogP contribution in [0.1, 0.15) is 20.7 Å². The molecule has 0 unspecified atom stereocenters. The molecule has 0 radical (unpaired) electrons. The minimum absolute atomic E-state index is 0. The third kappa shape index (κ3) is 9.88. The van der Waals surface area contributed by atoms with Gasteiger partial charge in [-0.15, -0.1) is 0 Å². The molecule has 0 aliphatic rings. The Morgan fingerprint density at radius 3 is 1.50 bits per heavy atom. The molecule has 0 spiro atoms. The number of carbonyl (C=O) groups excluding carboxylic acids is 2. The van der Waals surface area contributed by atoms with Crippen LogP contribution in [0.2, 0.25) is 5.02 Å². The van der Waals surface area contributed by atoms with E-state index in [9.17, 15) is 39.9 Å². The van der Waals surface area contributed by atoms with Gasteiger partial charge in [0.1, 0.15) is 4.90 Å². The average molecular weight is 819 g/mol. The number of rotatable bonds is 16. The standard InChI is InChI=1S/C36H33ClN4O9S3.Na/c37-27-19-21-30(22-20-27)51(45,46)39-24-26-41(29-13-5-2-6-14-29)52(47,48)33-17-9-7-15-31(33)35(42)38-23-25-40(28-11-3-1-4-12-28)53(49,50)34-18-10-8-16-32(34)36(43)44;/h1-22,39H,23-26H2,(H,38,42)(H,43,44);/q;+1/p-1. The first-order valence-electron chi connectivity index (χ1n) is 15.8. The maximum Gasteiger partial charge on any atom is 1.00 e. The second-order valence-corrected chi connectivity index (χ2v) is 17.1. The Kier molecular flexibility index (Phi) is 14.5. The topological polar surface area (TPSA) is 190 Å². The van der Waals surface area contributed by atoms with Crippen molar-refractivity contribution in [1.82, 2.24) is 10.0 Å². The minimum Gasteiger partial charge on any atom is -0.545 e. The number of carboxylic acid groups (broad SMARTS) is 1. The molecule has 0 heterocycles. The number of hydrogen-bond donors (Lipinski definition) is 2. The molecule has 5 aromatic rings. The molecule has 0 saturated heterocycles. The van der Waals surface area contributed by atoms with Crippen LogP contribution in [0.3, 0.4) is 0 Å². The summed E-state index contributed by atoms with van der Waals surface area (Å²) in [7, 11) is -13.1. The van der Waals surface area contributed by atoms with Crippen LogP contribution >= 0.6 is 11.6 Å². The third-order valence-corrected chi connectivity index (χ3v) is 13.3. The zero-order valence-electron chi connectivity index (χ0n) is 28.7. The van der Waals surface area contributed by atoms with E-state index in [-0.39, 0.29) is 77.6 Å². The number of amides is 1. The Morgan fingerprint density at radius 1 is 0.574 bits per heavy atom. The third-order valence-electron chi connectivity index (χ3n) is 7.79. The van der Waals surface area contributed by atoms with Gasteiger partial charge in [0.2, 0.25) is 10.0 Å². The summed E-state index contributed by atoms with van der Waals surface area (Å²) in [6.45, 7) is -1.37. The summed E-state index contributed by atoms with van der Waals surface area (Å²) >= 11 is 5.88. The smallest absolute Gasteiger partial charge is 0.545 e. The van der Waals surface area contributed by atoms with E-state index in [2.05, 4.69) is 10.0 Å². The summed E-state index contributed by atoms with van der Waals surface area (Å²) in [4.78, 5) is 24.4. The predicted octanol–water partition coefficient (Wildman–Crippen LogP) is 0.507. The number of benzene rings is 5. The van der Waals surface area contributed by atoms with Crippen molar-refractivity contribution in [2.24, 2.45) is 0 Å². The molecule has 0 fully saturated rings. The van der Waals surface area contributed by atoms with E-state index < -0.39 is 57.3 Å². The number of aromatic carboxylic acids is 1. The van der Waals surface area contributed by atoms with Crippen LogP contribution in [0.15, 0.2) is 148 Å². The molecule has 5 rings (SSSR count). The first-order chi connectivity index (χ1) is 25.2. The second-order valence-electron chi connectivity index (χ2n) is 11.2. The quantitative estimate of drug-likeness (QED) is 0.134. The number of nitrogens with zero attached hydrogens (tertiary/aromatic N) is 2. The minimum atomic E-state index is -4.52. The fourth-order valence-electron chi connectivity index (χ4n) is 5.29. The van der Waals surface area contributed by atoms with Gasteiger partial charge in [0.15, 0.2) is 0 Å². The van der Waals surface area contributed by atoms with Gasteiger partial charge >= 0.3 is 29.6 Å². The fourth-order valence-corrected chi connectivity index (χ4v) is 9.74. The number of halogens is 1. The van der Waals surface area contributed by atoms with Crippen molar-refractivity contribution in [1.29, 1.82) is 0 Å². The zero-order chi connectivity index (χ0) is 38.2. The first kappa shape index (κ1) is 42.5. The molecule has 0 bridgehead atoms. The molecule has 276 valence electrons. The molecule has 0 atom stereocenters. The maximum absolute atomic E-state index is 14.3. The molecular formula is C36H32ClN4NaO9S3. The summed E-state index contributed by atoms with van der Waals surface area (Å²) < 4.78 is 86.3. The first-order valence-corrected chi connectivity index (χ1v) is 20.6. The number of nitrogens with one attached hydrogen (secondary N) is 2. The molecule has 13 nitrogen and oxygen atoms in total. The van der Waals surface area contributed by atoms with Crippen LogP contribution in [0.4, 0.5) is 11.4 Å². The zero-order valence-corrected chi connectivity index (χ0v) is 33.9. The van der Waals surface area contributed by atoms with Gasteiger partial charge in [0.25, 0.3) is 26.0 Å². The fraction of sp³-hybridized carbons (Fsp3) is 0.111. The van der Waals surface area contributed by atoms with Crippen LogP contribution in [-0.2, 0) is 30.1 Å². The van der Waals surface area contributed by atoms with E-state index in [0.717, 1.165) is 20.7 Å². The number of sulfonamides is 3. The van der Waals surface area contributed by atoms with Crippen LogP contribution in [0, 0.1) is 0 Å². The number of carbonyl (C=O) groups is 2. The van der Waals surface area contributed by atoms with Crippen molar-refractivity contribution in [3.05, 3.63) is 150 Å². The Hall–Kier alpha value is -4.26. The molecule has 0 aliphatic heterocycles. The number of anilines is 2. The van der Waals surface area contributed by atoms with Crippen molar-refractivity contribution < 1.29 is 69.5 Å². The molecule has 0 aromatic heterocycles. The average Bonchev–Trinajstić information content (AvgIpc) is 3.15. The van der Waals surface area contributed by atoms with Crippen molar-refractivity contribution in [2.45, 2.75) is 14.7 Å². The van der Waals surface area contributed by atoms with E-state index in [4.69, 9.17) is 11.6 Å². The normalized spacial score (nSPS) is 11.6. The van der Waals surface area contributed by atoms with E-state index in [1.54, 1.807) is 36.4 Å². The van der Waals surface area contributed by atoms with Gasteiger partial charge in [-0.05, 0) is 66.7 Å². The van der Waals surface area contributed by atoms with Crippen molar-refractivity contribution >= 4 is 64.9 Å². The van der Waals surface area contributed by atoms with Crippen LogP contribution in [0.5, 0.6) is 0 Å². The van der Waals surface area contributed by atoms with Crippen molar-refractivity contribution in [3.8, 4) is 0 Å². The maximum atomic E-state index is 14.3. The SMILES string of the molecule is O=C([O-])c1ccccc1S(=O)(=O)N(CCNC(=O)c1ccccc1S(=O)(=O)N(CCNS(=O)(=O)c1ccc(Cl)cc1)c1ccccc1)c1ccccc1.[Na+].